The zero-order valence-electron chi connectivity index (χ0n) is 19.0. The number of piperidine rings is 1. The number of hydrogen-bond donors (Lipinski definition) is 1. The van der Waals surface area contributed by atoms with E-state index in [-0.39, 0.29) is 11.8 Å². The van der Waals surface area contributed by atoms with Gasteiger partial charge in [0.1, 0.15) is 6.29 Å². The molecule has 2 aromatic rings. The molecule has 170 valence electrons. The first kappa shape index (κ1) is 22.5. The fourth-order valence-electron chi connectivity index (χ4n) is 4.60. The van der Waals surface area contributed by atoms with Crippen LogP contribution in [0.3, 0.4) is 0 Å². The molecule has 6 nitrogen and oxygen atoms in total. The molecule has 0 aromatic heterocycles. The lowest BCUT2D eigenvalue weighted by molar-refractivity contribution is -0.125. The minimum Gasteiger partial charge on any atom is -0.371 e. The van der Waals surface area contributed by atoms with Crippen molar-refractivity contribution in [1.82, 2.24) is 15.1 Å². The first-order chi connectivity index (χ1) is 15.6. The summed E-state index contributed by atoms with van der Waals surface area (Å²) < 4.78 is 0. The lowest BCUT2D eigenvalue weighted by atomic mass is 9.95. The molecule has 2 saturated heterocycles. The van der Waals surface area contributed by atoms with Gasteiger partial charge in [-0.15, -0.1) is 0 Å². The third-order valence-corrected chi connectivity index (χ3v) is 6.72. The molecule has 32 heavy (non-hydrogen) atoms. The van der Waals surface area contributed by atoms with E-state index in [1.54, 1.807) is 0 Å². The van der Waals surface area contributed by atoms with Gasteiger partial charge in [0, 0.05) is 69.5 Å². The van der Waals surface area contributed by atoms with Gasteiger partial charge in [-0.2, -0.15) is 0 Å². The molecule has 4 rings (SSSR count). The number of carbonyl (C=O) groups excluding carboxylic acids is 2. The molecular formula is C26H34N4O2. The van der Waals surface area contributed by atoms with Gasteiger partial charge in [0.05, 0.1) is 0 Å². The van der Waals surface area contributed by atoms with Gasteiger partial charge in [0.25, 0.3) is 0 Å². The number of amides is 1. The van der Waals surface area contributed by atoms with E-state index in [1.807, 2.05) is 24.3 Å². The number of hydrogen-bond acceptors (Lipinski definition) is 5. The molecule has 0 spiro atoms. The standard InChI is InChI=1S/C26H34N4O2/c1-28-13-15-29(16-14-28)19-23-4-2-3-22(17-23)18-27-26(32)24-9-11-30(12-10-24)25-7-5-21(20-31)6-8-25/h2-8,17,20,24H,9-16,18-19H2,1H3,(H,27,32). The Morgan fingerprint density at radius 2 is 1.66 bits per heavy atom. The van der Waals surface area contributed by atoms with E-state index < -0.39 is 0 Å². The summed E-state index contributed by atoms with van der Waals surface area (Å²) in [5, 5.41) is 3.16. The molecule has 0 aliphatic carbocycles. The zero-order valence-corrected chi connectivity index (χ0v) is 19.0. The summed E-state index contributed by atoms with van der Waals surface area (Å²) in [7, 11) is 2.18. The van der Waals surface area contributed by atoms with Crippen molar-refractivity contribution in [1.29, 1.82) is 0 Å². The van der Waals surface area contributed by atoms with E-state index in [0.717, 1.165) is 76.2 Å². The number of piperazine rings is 1. The predicted octanol–water partition coefficient (Wildman–Crippen LogP) is 2.78. The van der Waals surface area contributed by atoms with Crippen molar-refractivity contribution < 1.29 is 9.59 Å². The van der Waals surface area contributed by atoms with Crippen molar-refractivity contribution in [3.05, 3.63) is 65.2 Å². The van der Waals surface area contributed by atoms with Crippen LogP contribution in [-0.4, -0.2) is 68.3 Å². The monoisotopic (exact) mass is 434 g/mol. The highest BCUT2D eigenvalue weighted by Gasteiger charge is 2.25. The van der Waals surface area contributed by atoms with Crippen LogP contribution in [0.1, 0.15) is 34.3 Å². The van der Waals surface area contributed by atoms with E-state index in [4.69, 9.17) is 0 Å². The first-order valence-electron chi connectivity index (χ1n) is 11.7. The molecule has 2 aliphatic rings. The average Bonchev–Trinajstić information content (AvgIpc) is 2.84. The van der Waals surface area contributed by atoms with Gasteiger partial charge in [-0.1, -0.05) is 24.3 Å². The maximum Gasteiger partial charge on any atom is 0.223 e. The van der Waals surface area contributed by atoms with Crippen LogP contribution in [0.15, 0.2) is 48.5 Å². The molecule has 2 aliphatic heterocycles. The number of likely N-dealkylation sites (N-methyl/N-ethyl adjacent to an activating group) is 1. The third kappa shape index (κ3) is 5.96. The molecule has 1 amide bonds. The van der Waals surface area contributed by atoms with Crippen LogP contribution in [0.25, 0.3) is 0 Å². The average molecular weight is 435 g/mol. The Labute approximate surface area is 191 Å². The van der Waals surface area contributed by atoms with Crippen LogP contribution in [0.4, 0.5) is 5.69 Å². The van der Waals surface area contributed by atoms with Crippen molar-refractivity contribution in [2.45, 2.75) is 25.9 Å². The first-order valence-corrected chi connectivity index (χ1v) is 11.7. The number of aldehydes is 1. The molecule has 0 radical (unpaired) electrons. The van der Waals surface area contributed by atoms with Gasteiger partial charge < -0.3 is 15.1 Å². The zero-order chi connectivity index (χ0) is 22.3. The molecular weight excluding hydrogens is 400 g/mol. The fourth-order valence-corrected chi connectivity index (χ4v) is 4.60. The van der Waals surface area contributed by atoms with E-state index in [9.17, 15) is 9.59 Å². The van der Waals surface area contributed by atoms with Crippen molar-refractivity contribution >= 4 is 17.9 Å². The number of nitrogens with zero attached hydrogens (tertiary/aromatic N) is 3. The summed E-state index contributed by atoms with van der Waals surface area (Å²) in [4.78, 5) is 30.7. The highest BCUT2D eigenvalue weighted by Crippen LogP contribution is 2.24. The van der Waals surface area contributed by atoms with E-state index >= 15 is 0 Å². The highest BCUT2D eigenvalue weighted by atomic mass is 16.1. The molecule has 0 unspecified atom stereocenters. The third-order valence-electron chi connectivity index (χ3n) is 6.72. The second-order valence-electron chi connectivity index (χ2n) is 9.09. The molecule has 0 atom stereocenters. The Morgan fingerprint density at radius 3 is 2.34 bits per heavy atom. The van der Waals surface area contributed by atoms with Gasteiger partial charge in [-0.25, -0.2) is 0 Å². The topological polar surface area (TPSA) is 55.9 Å². The van der Waals surface area contributed by atoms with Gasteiger partial charge in [0.15, 0.2) is 0 Å². The van der Waals surface area contributed by atoms with Crippen LogP contribution in [-0.2, 0) is 17.9 Å². The van der Waals surface area contributed by atoms with Crippen molar-refractivity contribution in [2.75, 3.05) is 51.2 Å². The second kappa shape index (κ2) is 10.7. The molecule has 1 N–H and O–H groups in total. The molecule has 2 aromatic carbocycles. The van der Waals surface area contributed by atoms with E-state index in [1.165, 1.54) is 5.56 Å². The molecule has 2 heterocycles. The van der Waals surface area contributed by atoms with E-state index in [2.05, 4.69) is 51.3 Å². The lowest BCUT2D eigenvalue weighted by Gasteiger charge is -2.33. The molecule has 0 bridgehead atoms. The van der Waals surface area contributed by atoms with Crippen LogP contribution < -0.4 is 10.2 Å². The number of carbonyl (C=O) groups is 2. The SMILES string of the molecule is CN1CCN(Cc2cccc(CNC(=O)C3CCN(c4ccc(C=O)cc4)CC3)c2)CC1. The summed E-state index contributed by atoms with van der Waals surface area (Å²) in [6, 6.07) is 16.3. The Hall–Kier alpha value is -2.70. The molecule has 6 heteroatoms. The lowest BCUT2D eigenvalue weighted by Crippen LogP contribution is -2.43. The normalized spacial score (nSPS) is 18.5. The molecule has 0 saturated carbocycles. The van der Waals surface area contributed by atoms with Gasteiger partial charge >= 0.3 is 0 Å². The minimum atomic E-state index is 0.0639. The highest BCUT2D eigenvalue weighted by molar-refractivity contribution is 5.79. The van der Waals surface area contributed by atoms with Gasteiger partial charge in [0.2, 0.25) is 5.91 Å². The van der Waals surface area contributed by atoms with Gasteiger partial charge in [-0.3, -0.25) is 14.5 Å². The summed E-state index contributed by atoms with van der Waals surface area (Å²) in [6.45, 7) is 7.74. The fraction of sp³-hybridized carbons (Fsp3) is 0.462. The largest absolute Gasteiger partial charge is 0.371 e. The van der Waals surface area contributed by atoms with Crippen LogP contribution >= 0.6 is 0 Å². The number of nitrogens with one attached hydrogen (secondary N) is 1. The Balaban J connectivity index is 1.23. The summed E-state index contributed by atoms with van der Waals surface area (Å²) in [6.07, 6.45) is 2.57. The smallest absolute Gasteiger partial charge is 0.223 e. The van der Waals surface area contributed by atoms with Crippen LogP contribution in [0.5, 0.6) is 0 Å². The van der Waals surface area contributed by atoms with Crippen LogP contribution in [0, 0.1) is 5.92 Å². The van der Waals surface area contributed by atoms with Crippen molar-refractivity contribution in [3.63, 3.8) is 0 Å². The quantitative estimate of drug-likeness (QED) is 0.679. The maximum absolute atomic E-state index is 12.7. The summed E-state index contributed by atoms with van der Waals surface area (Å²) >= 11 is 0. The number of rotatable bonds is 7. The van der Waals surface area contributed by atoms with E-state index in [0.29, 0.717) is 12.1 Å². The van der Waals surface area contributed by atoms with Gasteiger partial charge in [-0.05, 0) is 55.3 Å². The van der Waals surface area contributed by atoms with Crippen LogP contribution in [0.2, 0.25) is 0 Å². The Kier molecular flexibility index (Phi) is 7.55. The second-order valence-corrected chi connectivity index (χ2v) is 9.09. The number of anilines is 1. The minimum absolute atomic E-state index is 0.0639. The summed E-state index contributed by atoms with van der Waals surface area (Å²) in [5.74, 6) is 0.222. The van der Waals surface area contributed by atoms with Crippen molar-refractivity contribution in [3.8, 4) is 0 Å². The molecule has 2 fully saturated rings. The Bertz CT molecular complexity index is 898. The maximum atomic E-state index is 12.7. The number of benzene rings is 2. The summed E-state index contributed by atoms with van der Waals surface area (Å²) in [5.41, 5.74) is 4.29. The van der Waals surface area contributed by atoms with Crippen molar-refractivity contribution in [2.24, 2.45) is 5.92 Å². The predicted molar refractivity (Wildman–Crippen MR) is 128 cm³/mol. The Morgan fingerprint density at radius 1 is 0.969 bits per heavy atom.